The van der Waals surface area contributed by atoms with E-state index in [9.17, 15) is 4.79 Å². The Balaban J connectivity index is 1.95. The highest BCUT2D eigenvalue weighted by molar-refractivity contribution is 9.10. The third kappa shape index (κ3) is 4.12. The van der Waals surface area contributed by atoms with E-state index in [0.29, 0.717) is 22.8 Å². The van der Waals surface area contributed by atoms with Crippen LogP contribution in [0.2, 0.25) is 0 Å². The summed E-state index contributed by atoms with van der Waals surface area (Å²) >= 11 is 3.58. The molecule has 1 heterocycles. The maximum atomic E-state index is 12.9. The van der Waals surface area contributed by atoms with Gasteiger partial charge in [-0.15, -0.1) is 0 Å². The summed E-state index contributed by atoms with van der Waals surface area (Å²) in [5.41, 5.74) is 2.77. The summed E-state index contributed by atoms with van der Waals surface area (Å²) in [5, 5.41) is 5.84. The molecule has 0 saturated heterocycles. The van der Waals surface area contributed by atoms with Crippen LogP contribution in [0, 0.1) is 0 Å². The molecule has 1 aliphatic rings. The molecule has 0 bridgehead atoms. The fourth-order valence-corrected chi connectivity index (χ4v) is 3.23. The van der Waals surface area contributed by atoms with Gasteiger partial charge in [0, 0.05) is 4.47 Å². The number of anilines is 1. The van der Waals surface area contributed by atoms with Crippen LogP contribution in [-0.4, -0.2) is 24.8 Å². The molecule has 1 aliphatic heterocycles. The maximum Gasteiger partial charge on any atom is 0.280 e. The zero-order valence-electron chi connectivity index (χ0n) is 16.4. The molecule has 1 atom stereocenters. The van der Waals surface area contributed by atoms with Gasteiger partial charge in [-0.05, 0) is 56.2 Å². The van der Waals surface area contributed by atoms with Crippen molar-refractivity contribution in [2.24, 2.45) is 5.10 Å². The van der Waals surface area contributed by atoms with Gasteiger partial charge in [0.05, 0.1) is 30.2 Å². The van der Waals surface area contributed by atoms with Crippen LogP contribution in [0.15, 0.2) is 57.6 Å². The molecule has 28 heavy (non-hydrogen) atoms. The number of methoxy groups -OCH3 is 1. The summed E-state index contributed by atoms with van der Waals surface area (Å²) in [5.74, 6) is 1.13. The summed E-state index contributed by atoms with van der Waals surface area (Å²) in [7, 11) is 1.61. The second-order valence-corrected chi connectivity index (χ2v) is 7.41. The molecule has 0 saturated carbocycles. The molecule has 3 rings (SSSR count). The lowest BCUT2D eigenvalue weighted by Gasteiger charge is -2.17. The average Bonchev–Trinajstić information content (AvgIpc) is 2.98. The SMILES string of the molecule is CC[C@@H](C)Oc1cc(Br)c(/C=C2/C(=O)N(c3ccccc3)N=C2C)cc1OC. The molecule has 0 unspecified atom stereocenters. The van der Waals surface area contributed by atoms with Crippen LogP contribution in [0.3, 0.4) is 0 Å². The van der Waals surface area contributed by atoms with Crippen LogP contribution < -0.4 is 14.5 Å². The zero-order valence-corrected chi connectivity index (χ0v) is 18.0. The quantitative estimate of drug-likeness (QED) is 0.559. The number of halogens is 1. The Bertz CT molecular complexity index is 938. The van der Waals surface area contributed by atoms with Crippen molar-refractivity contribution in [2.75, 3.05) is 12.1 Å². The number of nitrogens with zero attached hydrogens (tertiary/aromatic N) is 2. The van der Waals surface area contributed by atoms with Crippen LogP contribution in [-0.2, 0) is 4.79 Å². The molecule has 0 fully saturated rings. The highest BCUT2D eigenvalue weighted by Crippen LogP contribution is 2.36. The lowest BCUT2D eigenvalue weighted by molar-refractivity contribution is -0.114. The number of hydrogen-bond acceptors (Lipinski definition) is 4. The van der Waals surface area contributed by atoms with E-state index in [1.807, 2.05) is 62.4 Å². The van der Waals surface area contributed by atoms with Crippen molar-refractivity contribution in [3.8, 4) is 11.5 Å². The molecular formula is C22H23BrN2O3. The third-order valence-electron chi connectivity index (χ3n) is 4.55. The first-order chi connectivity index (χ1) is 13.4. The number of rotatable bonds is 6. The average molecular weight is 443 g/mol. The fourth-order valence-electron chi connectivity index (χ4n) is 2.80. The normalized spacial score (nSPS) is 16.3. The van der Waals surface area contributed by atoms with Gasteiger partial charge in [-0.2, -0.15) is 10.1 Å². The van der Waals surface area contributed by atoms with Crippen molar-refractivity contribution >= 4 is 39.3 Å². The van der Waals surface area contributed by atoms with E-state index in [1.165, 1.54) is 5.01 Å². The van der Waals surface area contributed by atoms with Gasteiger partial charge in [0.15, 0.2) is 11.5 Å². The molecule has 0 spiro atoms. The Labute approximate surface area is 173 Å². The first-order valence-electron chi connectivity index (χ1n) is 9.15. The van der Waals surface area contributed by atoms with E-state index >= 15 is 0 Å². The first kappa shape index (κ1) is 20.1. The van der Waals surface area contributed by atoms with Gasteiger partial charge in [-0.1, -0.05) is 41.1 Å². The zero-order chi connectivity index (χ0) is 20.3. The minimum Gasteiger partial charge on any atom is -0.493 e. The van der Waals surface area contributed by atoms with E-state index in [-0.39, 0.29) is 12.0 Å². The van der Waals surface area contributed by atoms with Gasteiger partial charge < -0.3 is 9.47 Å². The first-order valence-corrected chi connectivity index (χ1v) is 9.94. The van der Waals surface area contributed by atoms with Crippen LogP contribution in [0.4, 0.5) is 5.69 Å². The molecule has 0 aliphatic carbocycles. The van der Waals surface area contributed by atoms with Gasteiger partial charge in [-0.25, -0.2) is 0 Å². The van der Waals surface area contributed by atoms with Crippen molar-refractivity contribution in [2.45, 2.75) is 33.3 Å². The molecule has 1 amide bonds. The number of hydrogen-bond donors (Lipinski definition) is 0. The molecule has 0 radical (unpaired) electrons. The standard InChI is InChI=1S/C22H23BrN2O3/c1-5-14(2)28-21-13-19(23)16(12-20(21)27-4)11-18-15(3)24-25(22(18)26)17-9-7-6-8-10-17/h6-14H,5H2,1-4H3/b18-11+/t14-/m1/s1. The number of hydrazone groups is 1. The van der Waals surface area contributed by atoms with E-state index in [0.717, 1.165) is 22.1 Å². The topological polar surface area (TPSA) is 51.1 Å². The summed E-state index contributed by atoms with van der Waals surface area (Å²) < 4.78 is 12.2. The van der Waals surface area contributed by atoms with E-state index in [4.69, 9.17) is 9.47 Å². The minimum absolute atomic E-state index is 0.0789. The predicted octanol–water partition coefficient (Wildman–Crippen LogP) is 5.44. The second kappa shape index (κ2) is 8.61. The highest BCUT2D eigenvalue weighted by Gasteiger charge is 2.29. The van der Waals surface area contributed by atoms with E-state index < -0.39 is 0 Å². The summed E-state index contributed by atoms with van der Waals surface area (Å²) in [6, 6.07) is 13.1. The van der Waals surface area contributed by atoms with Crippen LogP contribution in [0.1, 0.15) is 32.8 Å². The Morgan fingerprint density at radius 3 is 2.57 bits per heavy atom. The Kier molecular flexibility index (Phi) is 6.19. The lowest BCUT2D eigenvalue weighted by atomic mass is 10.1. The predicted molar refractivity (Wildman–Crippen MR) is 116 cm³/mol. The fraction of sp³-hybridized carbons (Fsp3) is 0.273. The largest absolute Gasteiger partial charge is 0.493 e. The van der Waals surface area contributed by atoms with Gasteiger partial charge in [-0.3, -0.25) is 4.79 Å². The molecule has 0 aromatic heterocycles. The molecule has 0 N–H and O–H groups in total. The van der Waals surface area contributed by atoms with E-state index in [2.05, 4.69) is 28.0 Å². The smallest absolute Gasteiger partial charge is 0.280 e. The Hall–Kier alpha value is -2.60. The second-order valence-electron chi connectivity index (χ2n) is 6.56. The van der Waals surface area contributed by atoms with Crippen molar-refractivity contribution in [1.29, 1.82) is 0 Å². The summed E-state index contributed by atoms with van der Waals surface area (Å²) in [4.78, 5) is 12.9. The summed E-state index contributed by atoms with van der Waals surface area (Å²) in [6.07, 6.45) is 2.80. The molecule has 5 nitrogen and oxygen atoms in total. The number of carbonyl (C=O) groups excluding carboxylic acids is 1. The molecule has 6 heteroatoms. The Morgan fingerprint density at radius 2 is 1.93 bits per heavy atom. The molecule has 2 aromatic rings. The number of para-hydroxylation sites is 1. The number of benzene rings is 2. The minimum atomic E-state index is -0.158. The van der Waals surface area contributed by atoms with Crippen molar-refractivity contribution in [1.82, 2.24) is 0 Å². The van der Waals surface area contributed by atoms with Crippen LogP contribution >= 0.6 is 15.9 Å². The number of amides is 1. The number of carbonyl (C=O) groups is 1. The third-order valence-corrected chi connectivity index (χ3v) is 5.24. The number of ether oxygens (including phenoxy) is 2. The summed E-state index contributed by atoms with van der Waals surface area (Å²) in [6.45, 7) is 5.91. The monoisotopic (exact) mass is 442 g/mol. The Morgan fingerprint density at radius 1 is 1.21 bits per heavy atom. The van der Waals surface area contributed by atoms with Crippen molar-refractivity contribution < 1.29 is 14.3 Å². The van der Waals surface area contributed by atoms with Gasteiger partial charge in [0.1, 0.15) is 0 Å². The van der Waals surface area contributed by atoms with Gasteiger partial charge >= 0.3 is 0 Å². The van der Waals surface area contributed by atoms with Crippen LogP contribution in [0.25, 0.3) is 6.08 Å². The molecule has 146 valence electrons. The molecule has 2 aromatic carbocycles. The highest BCUT2D eigenvalue weighted by atomic mass is 79.9. The van der Waals surface area contributed by atoms with Gasteiger partial charge in [0.25, 0.3) is 5.91 Å². The van der Waals surface area contributed by atoms with Crippen molar-refractivity contribution in [3.63, 3.8) is 0 Å². The van der Waals surface area contributed by atoms with E-state index in [1.54, 1.807) is 7.11 Å². The maximum absolute atomic E-state index is 12.9. The van der Waals surface area contributed by atoms with Crippen molar-refractivity contribution in [3.05, 3.63) is 58.1 Å². The lowest BCUT2D eigenvalue weighted by Crippen LogP contribution is -2.21. The molecular weight excluding hydrogens is 420 g/mol. The van der Waals surface area contributed by atoms with Crippen LogP contribution in [0.5, 0.6) is 11.5 Å². The van der Waals surface area contributed by atoms with Gasteiger partial charge in [0.2, 0.25) is 0 Å².